The van der Waals surface area contributed by atoms with Crippen LogP contribution in [-0.4, -0.2) is 16.1 Å². The molecule has 1 heterocycles. The standard InChI is InChI=1S/C12H11ClF2N2O/c1-7-5-8(10(15)6-9(7)14)12-17-16-11(18-12)3-2-4-13/h5-6H,2-4H2,1H3. The molecule has 0 bridgehead atoms. The first-order valence-electron chi connectivity index (χ1n) is 5.46. The number of halogens is 3. The fourth-order valence-electron chi connectivity index (χ4n) is 1.50. The summed E-state index contributed by atoms with van der Waals surface area (Å²) in [5.74, 6) is -0.377. The summed E-state index contributed by atoms with van der Waals surface area (Å²) in [7, 11) is 0. The van der Waals surface area contributed by atoms with Crippen molar-refractivity contribution in [3.63, 3.8) is 0 Å². The molecule has 0 N–H and O–H groups in total. The van der Waals surface area contributed by atoms with Gasteiger partial charge in [0.2, 0.25) is 5.89 Å². The van der Waals surface area contributed by atoms with Crippen LogP contribution in [0.1, 0.15) is 17.9 Å². The van der Waals surface area contributed by atoms with Crippen LogP contribution in [0.4, 0.5) is 8.78 Å². The molecule has 0 saturated heterocycles. The summed E-state index contributed by atoms with van der Waals surface area (Å²) in [5, 5.41) is 7.54. The van der Waals surface area contributed by atoms with Crippen molar-refractivity contribution in [2.24, 2.45) is 0 Å². The minimum Gasteiger partial charge on any atom is -0.421 e. The van der Waals surface area contributed by atoms with E-state index in [4.69, 9.17) is 16.0 Å². The van der Waals surface area contributed by atoms with Gasteiger partial charge in [0.25, 0.3) is 5.89 Å². The molecule has 0 atom stereocenters. The molecule has 2 aromatic rings. The molecule has 0 spiro atoms. The van der Waals surface area contributed by atoms with Gasteiger partial charge in [-0.25, -0.2) is 8.78 Å². The van der Waals surface area contributed by atoms with Gasteiger partial charge in [0.15, 0.2) is 0 Å². The Morgan fingerprint density at radius 3 is 2.72 bits per heavy atom. The van der Waals surface area contributed by atoms with Gasteiger partial charge in [-0.3, -0.25) is 0 Å². The third-order valence-electron chi connectivity index (χ3n) is 2.47. The molecule has 0 amide bonds. The van der Waals surface area contributed by atoms with E-state index in [1.165, 1.54) is 6.07 Å². The van der Waals surface area contributed by atoms with E-state index in [1.807, 2.05) is 0 Å². The van der Waals surface area contributed by atoms with Gasteiger partial charge in [-0.1, -0.05) is 0 Å². The summed E-state index contributed by atoms with van der Waals surface area (Å²) in [4.78, 5) is 0. The van der Waals surface area contributed by atoms with Gasteiger partial charge in [-0.2, -0.15) is 0 Å². The monoisotopic (exact) mass is 272 g/mol. The molecule has 1 aromatic carbocycles. The Morgan fingerprint density at radius 2 is 2.00 bits per heavy atom. The van der Waals surface area contributed by atoms with E-state index in [-0.39, 0.29) is 11.5 Å². The maximum atomic E-state index is 13.6. The Bertz CT molecular complexity index is 557. The average molecular weight is 273 g/mol. The van der Waals surface area contributed by atoms with Crippen LogP contribution in [-0.2, 0) is 6.42 Å². The van der Waals surface area contributed by atoms with Gasteiger partial charge in [0, 0.05) is 18.4 Å². The second-order valence-electron chi connectivity index (χ2n) is 3.87. The summed E-state index contributed by atoms with van der Waals surface area (Å²) in [6.45, 7) is 1.54. The molecule has 0 aliphatic carbocycles. The van der Waals surface area contributed by atoms with E-state index in [2.05, 4.69) is 10.2 Å². The number of aromatic nitrogens is 2. The van der Waals surface area contributed by atoms with E-state index in [1.54, 1.807) is 6.92 Å². The van der Waals surface area contributed by atoms with Crippen LogP contribution in [0.15, 0.2) is 16.5 Å². The van der Waals surface area contributed by atoms with Crippen LogP contribution in [0, 0.1) is 18.6 Å². The molecule has 3 nitrogen and oxygen atoms in total. The lowest BCUT2D eigenvalue weighted by molar-refractivity contribution is 0.497. The average Bonchev–Trinajstić information content (AvgIpc) is 2.79. The van der Waals surface area contributed by atoms with Crippen LogP contribution in [0.25, 0.3) is 11.5 Å². The zero-order valence-electron chi connectivity index (χ0n) is 9.71. The molecule has 0 fully saturated rings. The van der Waals surface area contributed by atoms with Crippen molar-refractivity contribution in [1.82, 2.24) is 10.2 Å². The number of hydrogen-bond donors (Lipinski definition) is 0. The zero-order valence-corrected chi connectivity index (χ0v) is 10.5. The minimum absolute atomic E-state index is 0.0557. The molecule has 0 aliphatic rings. The van der Waals surface area contributed by atoms with Crippen LogP contribution in [0.5, 0.6) is 0 Å². The summed E-state index contributed by atoms with van der Waals surface area (Å²) in [6, 6.07) is 2.16. The van der Waals surface area contributed by atoms with Gasteiger partial charge in [0.05, 0.1) is 5.56 Å². The topological polar surface area (TPSA) is 38.9 Å². The molecule has 0 radical (unpaired) electrons. The number of alkyl halides is 1. The number of aryl methyl sites for hydroxylation is 2. The first kappa shape index (κ1) is 13.0. The van der Waals surface area contributed by atoms with Gasteiger partial charge in [0.1, 0.15) is 11.6 Å². The molecule has 1 aromatic heterocycles. The van der Waals surface area contributed by atoms with Crippen molar-refractivity contribution in [1.29, 1.82) is 0 Å². The highest BCUT2D eigenvalue weighted by atomic mass is 35.5. The Labute approximate surface area is 108 Å². The Hall–Kier alpha value is -1.49. The first-order valence-corrected chi connectivity index (χ1v) is 5.99. The summed E-state index contributed by atoms with van der Waals surface area (Å²) in [6.07, 6.45) is 1.24. The minimum atomic E-state index is -0.717. The number of rotatable bonds is 4. The largest absolute Gasteiger partial charge is 0.421 e. The highest BCUT2D eigenvalue weighted by Gasteiger charge is 2.15. The maximum Gasteiger partial charge on any atom is 0.250 e. The second kappa shape index (κ2) is 5.44. The molecular weight excluding hydrogens is 262 g/mol. The number of nitrogens with zero attached hydrogens (tertiary/aromatic N) is 2. The van der Waals surface area contributed by atoms with E-state index in [9.17, 15) is 8.78 Å². The fourth-order valence-corrected chi connectivity index (χ4v) is 1.64. The van der Waals surface area contributed by atoms with Crippen molar-refractivity contribution in [3.8, 4) is 11.5 Å². The van der Waals surface area contributed by atoms with Crippen molar-refractivity contribution in [2.45, 2.75) is 19.8 Å². The summed E-state index contributed by atoms with van der Waals surface area (Å²) >= 11 is 5.55. The fraction of sp³-hybridized carbons (Fsp3) is 0.333. The normalized spacial score (nSPS) is 10.9. The number of hydrogen-bond acceptors (Lipinski definition) is 3. The predicted octanol–water partition coefficient (Wildman–Crippen LogP) is 3.49. The van der Waals surface area contributed by atoms with Gasteiger partial charge < -0.3 is 4.42 Å². The lowest BCUT2D eigenvalue weighted by atomic mass is 10.1. The van der Waals surface area contributed by atoms with E-state index >= 15 is 0 Å². The lowest BCUT2D eigenvalue weighted by Crippen LogP contribution is -1.90. The van der Waals surface area contributed by atoms with Crippen LogP contribution >= 0.6 is 11.6 Å². The van der Waals surface area contributed by atoms with E-state index in [0.29, 0.717) is 30.2 Å². The third kappa shape index (κ3) is 2.67. The quantitative estimate of drug-likeness (QED) is 0.800. The van der Waals surface area contributed by atoms with Crippen LogP contribution in [0.3, 0.4) is 0 Å². The van der Waals surface area contributed by atoms with Crippen molar-refractivity contribution in [2.75, 3.05) is 5.88 Å². The van der Waals surface area contributed by atoms with Gasteiger partial charge in [-0.05, 0) is 25.0 Å². The lowest BCUT2D eigenvalue weighted by Gasteiger charge is -2.01. The van der Waals surface area contributed by atoms with E-state index in [0.717, 1.165) is 6.07 Å². The van der Waals surface area contributed by atoms with Crippen LogP contribution < -0.4 is 0 Å². The summed E-state index contributed by atoms with van der Waals surface area (Å²) in [5.41, 5.74) is 0.436. The Morgan fingerprint density at radius 1 is 1.22 bits per heavy atom. The zero-order chi connectivity index (χ0) is 13.1. The van der Waals surface area contributed by atoms with Crippen LogP contribution in [0.2, 0.25) is 0 Å². The molecule has 2 rings (SSSR count). The molecule has 6 heteroatoms. The Kier molecular flexibility index (Phi) is 3.91. The molecule has 0 saturated carbocycles. The van der Waals surface area contributed by atoms with E-state index < -0.39 is 11.6 Å². The highest BCUT2D eigenvalue weighted by Crippen LogP contribution is 2.24. The first-order chi connectivity index (χ1) is 8.61. The summed E-state index contributed by atoms with van der Waals surface area (Å²) < 4.78 is 32.0. The maximum absolute atomic E-state index is 13.6. The Balaban J connectivity index is 2.31. The van der Waals surface area contributed by atoms with Crippen molar-refractivity contribution >= 4 is 11.6 Å². The molecule has 96 valence electrons. The second-order valence-corrected chi connectivity index (χ2v) is 4.25. The van der Waals surface area contributed by atoms with Gasteiger partial charge >= 0.3 is 0 Å². The number of benzene rings is 1. The van der Waals surface area contributed by atoms with Crippen molar-refractivity contribution in [3.05, 3.63) is 35.2 Å². The predicted molar refractivity (Wildman–Crippen MR) is 63.4 cm³/mol. The smallest absolute Gasteiger partial charge is 0.250 e. The molecular formula is C12H11ClF2N2O. The molecule has 0 unspecified atom stereocenters. The van der Waals surface area contributed by atoms with Gasteiger partial charge in [-0.15, -0.1) is 21.8 Å². The SMILES string of the molecule is Cc1cc(-c2nnc(CCCCl)o2)c(F)cc1F. The highest BCUT2D eigenvalue weighted by molar-refractivity contribution is 6.17. The molecule has 18 heavy (non-hydrogen) atoms. The third-order valence-corrected chi connectivity index (χ3v) is 2.74. The molecule has 0 aliphatic heterocycles. The van der Waals surface area contributed by atoms with Crippen molar-refractivity contribution < 1.29 is 13.2 Å².